The molecule has 0 saturated heterocycles. The molecule has 1 saturated carbocycles. The van der Waals surface area contributed by atoms with Crippen LogP contribution in [-0.4, -0.2) is 5.11 Å². The number of aromatic hydroxyl groups is 1. The predicted molar refractivity (Wildman–Crippen MR) is 94.5 cm³/mol. The second kappa shape index (κ2) is 6.25. The van der Waals surface area contributed by atoms with Gasteiger partial charge in [-0.15, -0.1) is 0 Å². The summed E-state index contributed by atoms with van der Waals surface area (Å²) in [6, 6.07) is 4.51. The minimum Gasteiger partial charge on any atom is -0.507 e. The third-order valence-corrected chi connectivity index (χ3v) is 5.96. The zero-order valence-electron chi connectivity index (χ0n) is 13.2. The van der Waals surface area contributed by atoms with Crippen LogP contribution < -0.4 is 0 Å². The second-order valence-corrected chi connectivity index (χ2v) is 8.08. The van der Waals surface area contributed by atoms with Crippen LogP contribution in [-0.2, 0) is 5.41 Å². The smallest absolute Gasteiger partial charge is 0.132 e. The Morgan fingerprint density at radius 3 is 2.15 bits per heavy atom. The van der Waals surface area contributed by atoms with Gasteiger partial charge in [0, 0.05) is 0 Å². The molecular formula is C18H27IO. The SMILES string of the molecule is CC(C)c1cc(C2(C(C)C)CCCCC2)cc(I)c1O. The van der Waals surface area contributed by atoms with Crippen LogP contribution in [0.1, 0.15) is 76.8 Å². The van der Waals surface area contributed by atoms with Gasteiger partial charge in [0.25, 0.3) is 0 Å². The highest BCUT2D eigenvalue weighted by Gasteiger charge is 2.37. The molecule has 1 aliphatic rings. The molecule has 20 heavy (non-hydrogen) atoms. The third-order valence-electron chi connectivity index (χ3n) is 5.14. The van der Waals surface area contributed by atoms with E-state index in [1.165, 1.54) is 37.7 Å². The maximum absolute atomic E-state index is 10.3. The van der Waals surface area contributed by atoms with Crippen molar-refractivity contribution in [3.63, 3.8) is 0 Å². The van der Waals surface area contributed by atoms with E-state index in [2.05, 4.69) is 62.4 Å². The third kappa shape index (κ3) is 2.86. The quantitative estimate of drug-likeness (QED) is 0.634. The average molecular weight is 386 g/mol. The van der Waals surface area contributed by atoms with E-state index in [0.29, 0.717) is 23.0 Å². The normalized spacial score (nSPS) is 18.8. The fraction of sp³-hybridized carbons (Fsp3) is 0.667. The molecule has 0 aliphatic heterocycles. The lowest BCUT2D eigenvalue weighted by Crippen LogP contribution is -2.34. The molecule has 0 radical (unpaired) electrons. The lowest BCUT2D eigenvalue weighted by molar-refractivity contribution is 0.215. The standard InChI is InChI=1S/C18H27IO/c1-12(2)15-10-14(11-16(19)17(15)20)18(13(3)4)8-6-5-7-9-18/h10-13,20H,5-9H2,1-4H3. The van der Waals surface area contributed by atoms with Crippen LogP contribution in [0.25, 0.3) is 0 Å². The van der Waals surface area contributed by atoms with Gasteiger partial charge in [-0.25, -0.2) is 0 Å². The van der Waals surface area contributed by atoms with E-state index in [1.807, 2.05) is 0 Å². The highest BCUT2D eigenvalue weighted by molar-refractivity contribution is 14.1. The van der Waals surface area contributed by atoms with Crippen molar-refractivity contribution in [1.29, 1.82) is 0 Å². The van der Waals surface area contributed by atoms with Crippen molar-refractivity contribution in [2.45, 2.75) is 71.1 Å². The first-order chi connectivity index (χ1) is 9.38. The first kappa shape index (κ1) is 16.1. The van der Waals surface area contributed by atoms with E-state index >= 15 is 0 Å². The highest BCUT2D eigenvalue weighted by atomic mass is 127. The van der Waals surface area contributed by atoms with Gasteiger partial charge in [0.1, 0.15) is 5.75 Å². The molecular weight excluding hydrogens is 359 g/mol. The van der Waals surface area contributed by atoms with Crippen LogP contribution in [0.5, 0.6) is 5.75 Å². The Morgan fingerprint density at radius 1 is 1.05 bits per heavy atom. The maximum atomic E-state index is 10.3. The highest BCUT2D eigenvalue weighted by Crippen LogP contribution is 2.47. The number of rotatable bonds is 3. The Balaban J connectivity index is 2.54. The molecule has 0 heterocycles. The number of halogens is 1. The predicted octanol–water partition coefficient (Wildman–Crippen LogP) is 5.98. The largest absolute Gasteiger partial charge is 0.507 e. The van der Waals surface area contributed by atoms with Gasteiger partial charge >= 0.3 is 0 Å². The molecule has 112 valence electrons. The summed E-state index contributed by atoms with van der Waals surface area (Å²) in [5, 5.41) is 10.3. The van der Waals surface area contributed by atoms with Crippen LogP contribution in [0.15, 0.2) is 12.1 Å². The van der Waals surface area contributed by atoms with Crippen LogP contribution >= 0.6 is 22.6 Å². The molecule has 0 amide bonds. The first-order valence-electron chi connectivity index (χ1n) is 7.91. The van der Waals surface area contributed by atoms with Gasteiger partial charge in [-0.05, 0) is 69.9 Å². The molecule has 0 spiro atoms. The van der Waals surface area contributed by atoms with Gasteiger partial charge in [-0.2, -0.15) is 0 Å². The topological polar surface area (TPSA) is 20.2 Å². The summed E-state index contributed by atoms with van der Waals surface area (Å²) in [4.78, 5) is 0. The van der Waals surface area contributed by atoms with Crippen LogP contribution in [0.2, 0.25) is 0 Å². The molecule has 0 bridgehead atoms. The molecule has 1 nitrogen and oxygen atoms in total. The Kier molecular flexibility index (Phi) is 5.04. The molecule has 1 aromatic rings. The zero-order chi connectivity index (χ0) is 14.9. The van der Waals surface area contributed by atoms with E-state index in [0.717, 1.165) is 9.13 Å². The van der Waals surface area contributed by atoms with Crippen LogP contribution in [0, 0.1) is 9.49 Å². The molecule has 2 heteroatoms. The van der Waals surface area contributed by atoms with Gasteiger partial charge in [0.05, 0.1) is 3.57 Å². The Bertz CT molecular complexity index is 471. The monoisotopic (exact) mass is 386 g/mol. The summed E-state index contributed by atoms with van der Waals surface area (Å²) < 4.78 is 1.01. The summed E-state index contributed by atoms with van der Waals surface area (Å²) in [5.74, 6) is 1.51. The van der Waals surface area contributed by atoms with Crippen molar-refractivity contribution in [2.24, 2.45) is 5.92 Å². The molecule has 1 N–H and O–H groups in total. The van der Waals surface area contributed by atoms with Crippen LogP contribution in [0.3, 0.4) is 0 Å². The molecule has 1 aromatic carbocycles. The maximum Gasteiger partial charge on any atom is 0.132 e. The fourth-order valence-electron chi connectivity index (χ4n) is 3.73. The van der Waals surface area contributed by atoms with Crippen LogP contribution in [0.4, 0.5) is 0 Å². The summed E-state index contributed by atoms with van der Waals surface area (Å²) in [6.07, 6.45) is 6.64. The Morgan fingerprint density at radius 2 is 1.65 bits per heavy atom. The van der Waals surface area contributed by atoms with Crippen molar-refractivity contribution < 1.29 is 5.11 Å². The lowest BCUT2D eigenvalue weighted by Gasteiger charge is -2.42. The summed E-state index contributed by atoms with van der Waals surface area (Å²) in [5.41, 5.74) is 2.88. The van der Waals surface area contributed by atoms with Gasteiger partial charge in [-0.1, -0.05) is 53.0 Å². The molecule has 2 rings (SSSR count). The van der Waals surface area contributed by atoms with Gasteiger partial charge in [0.2, 0.25) is 0 Å². The van der Waals surface area contributed by atoms with E-state index in [1.54, 1.807) is 0 Å². The molecule has 0 aromatic heterocycles. The number of hydrogen-bond acceptors (Lipinski definition) is 1. The average Bonchev–Trinajstić information content (AvgIpc) is 2.41. The first-order valence-corrected chi connectivity index (χ1v) is 8.99. The van der Waals surface area contributed by atoms with E-state index < -0.39 is 0 Å². The summed E-state index contributed by atoms with van der Waals surface area (Å²) in [6.45, 7) is 9.05. The molecule has 0 unspecified atom stereocenters. The van der Waals surface area contributed by atoms with Gasteiger partial charge in [-0.3, -0.25) is 0 Å². The molecule has 0 atom stereocenters. The van der Waals surface area contributed by atoms with E-state index in [4.69, 9.17) is 0 Å². The van der Waals surface area contributed by atoms with Crippen molar-refractivity contribution >= 4 is 22.6 Å². The number of phenols is 1. The van der Waals surface area contributed by atoms with Gasteiger partial charge < -0.3 is 5.11 Å². The van der Waals surface area contributed by atoms with Crippen molar-refractivity contribution in [1.82, 2.24) is 0 Å². The second-order valence-electron chi connectivity index (χ2n) is 6.92. The van der Waals surface area contributed by atoms with Gasteiger partial charge in [0.15, 0.2) is 0 Å². The number of hydrogen-bond donors (Lipinski definition) is 1. The van der Waals surface area contributed by atoms with Crippen molar-refractivity contribution in [2.75, 3.05) is 0 Å². The van der Waals surface area contributed by atoms with E-state index in [9.17, 15) is 5.11 Å². The molecule has 1 fully saturated rings. The Labute approximate surface area is 137 Å². The minimum atomic E-state index is 0.315. The minimum absolute atomic E-state index is 0.315. The lowest BCUT2D eigenvalue weighted by atomic mass is 9.63. The van der Waals surface area contributed by atoms with Crippen molar-refractivity contribution in [3.8, 4) is 5.75 Å². The van der Waals surface area contributed by atoms with Crippen molar-refractivity contribution in [3.05, 3.63) is 26.8 Å². The number of phenolic OH excluding ortho intramolecular Hbond substituents is 1. The summed E-state index contributed by atoms with van der Waals surface area (Å²) >= 11 is 2.29. The van der Waals surface area contributed by atoms with E-state index in [-0.39, 0.29) is 0 Å². The fourth-order valence-corrected chi connectivity index (χ4v) is 4.38. The Hall–Kier alpha value is -0.250. The number of benzene rings is 1. The molecule has 1 aliphatic carbocycles. The zero-order valence-corrected chi connectivity index (χ0v) is 15.3. The summed E-state index contributed by atoms with van der Waals surface area (Å²) in [7, 11) is 0.